The Hall–Kier alpha value is -0.930. The Kier molecular flexibility index (Phi) is 8.55. The van der Waals surface area contributed by atoms with E-state index >= 15 is 0 Å². The van der Waals surface area contributed by atoms with Crippen LogP contribution in [0.2, 0.25) is 0 Å². The molecule has 0 heterocycles. The summed E-state index contributed by atoms with van der Waals surface area (Å²) in [6.07, 6.45) is 5.08. The minimum Gasteiger partial charge on any atom is -0.372 e. The summed E-state index contributed by atoms with van der Waals surface area (Å²) < 4.78 is 20.1. The zero-order chi connectivity index (χ0) is 15.7. The van der Waals surface area contributed by atoms with Gasteiger partial charge in [0.05, 0.1) is 6.61 Å². The molecule has 0 aliphatic heterocycles. The van der Waals surface area contributed by atoms with Crippen molar-refractivity contribution in [3.05, 3.63) is 35.6 Å². The number of unbranched alkanes of at least 4 members (excludes halogenated alkanes) is 1. The van der Waals surface area contributed by atoms with Gasteiger partial charge in [0, 0.05) is 11.6 Å². The molecule has 3 atom stereocenters. The molecule has 0 amide bonds. The van der Waals surface area contributed by atoms with Gasteiger partial charge in [-0.3, -0.25) is 0 Å². The van der Waals surface area contributed by atoms with E-state index in [1.165, 1.54) is 25.3 Å². The maximum Gasteiger partial charge on any atom is 0.129 e. The summed E-state index contributed by atoms with van der Waals surface area (Å²) in [5.41, 5.74) is 6.74. The Balaban J connectivity index is 2.73. The van der Waals surface area contributed by atoms with E-state index in [0.29, 0.717) is 18.1 Å². The summed E-state index contributed by atoms with van der Waals surface area (Å²) in [5.74, 6) is 0.302. The number of halogens is 1. The molecule has 0 spiro atoms. The first kappa shape index (κ1) is 18.1. The van der Waals surface area contributed by atoms with Crippen molar-refractivity contribution in [2.75, 3.05) is 6.61 Å². The summed E-state index contributed by atoms with van der Waals surface area (Å²) in [4.78, 5) is 0. The smallest absolute Gasteiger partial charge is 0.129 e. The highest BCUT2D eigenvalue weighted by Gasteiger charge is 2.23. The van der Waals surface area contributed by atoms with Crippen molar-refractivity contribution < 1.29 is 9.13 Å². The first-order valence-electron chi connectivity index (χ1n) is 8.25. The number of nitrogens with two attached hydrogens (primary N) is 1. The Morgan fingerprint density at radius 1 is 1.14 bits per heavy atom. The molecular formula is C18H30FNO. The molecule has 3 heteroatoms. The molecule has 0 aliphatic rings. The zero-order valence-electron chi connectivity index (χ0n) is 13.6. The van der Waals surface area contributed by atoms with E-state index in [1.54, 1.807) is 12.1 Å². The Bertz CT molecular complexity index is 397. The van der Waals surface area contributed by atoms with Crippen LogP contribution in [0.4, 0.5) is 4.39 Å². The normalized spacial score (nSPS) is 15.7. The molecule has 0 radical (unpaired) electrons. The van der Waals surface area contributed by atoms with Crippen molar-refractivity contribution in [3.8, 4) is 0 Å². The molecule has 1 aromatic rings. The van der Waals surface area contributed by atoms with Crippen LogP contribution in [-0.4, -0.2) is 12.6 Å². The Morgan fingerprint density at radius 3 is 2.43 bits per heavy atom. The fourth-order valence-electron chi connectivity index (χ4n) is 2.50. The number of hydrogen-bond acceptors (Lipinski definition) is 2. The Morgan fingerprint density at radius 2 is 1.86 bits per heavy atom. The predicted octanol–water partition coefficient (Wildman–Crippen LogP) is 4.84. The van der Waals surface area contributed by atoms with Gasteiger partial charge >= 0.3 is 0 Å². The van der Waals surface area contributed by atoms with Gasteiger partial charge in [-0.15, -0.1) is 0 Å². The van der Waals surface area contributed by atoms with E-state index in [4.69, 9.17) is 10.5 Å². The van der Waals surface area contributed by atoms with Gasteiger partial charge in [0.15, 0.2) is 0 Å². The van der Waals surface area contributed by atoms with E-state index < -0.39 is 0 Å². The van der Waals surface area contributed by atoms with Gasteiger partial charge in [-0.05, 0) is 24.8 Å². The van der Waals surface area contributed by atoms with Crippen molar-refractivity contribution in [1.29, 1.82) is 0 Å². The van der Waals surface area contributed by atoms with Gasteiger partial charge in [-0.2, -0.15) is 0 Å². The summed E-state index contributed by atoms with van der Waals surface area (Å²) in [5, 5.41) is 0. The quantitative estimate of drug-likeness (QED) is 0.670. The lowest BCUT2D eigenvalue weighted by molar-refractivity contribution is 0.00679. The zero-order valence-corrected chi connectivity index (χ0v) is 13.6. The summed E-state index contributed by atoms with van der Waals surface area (Å²) in [6.45, 7) is 7.05. The highest BCUT2D eigenvalue weighted by molar-refractivity contribution is 5.21. The summed E-state index contributed by atoms with van der Waals surface area (Å²) >= 11 is 0. The van der Waals surface area contributed by atoms with Crippen LogP contribution >= 0.6 is 0 Å². The molecule has 3 unspecified atom stereocenters. The molecule has 0 fully saturated rings. The topological polar surface area (TPSA) is 35.2 Å². The largest absolute Gasteiger partial charge is 0.372 e. The van der Waals surface area contributed by atoms with Crippen LogP contribution in [0.15, 0.2) is 24.3 Å². The third-order valence-electron chi connectivity index (χ3n) is 4.13. The number of rotatable bonds is 10. The molecule has 21 heavy (non-hydrogen) atoms. The molecule has 2 N–H and O–H groups in total. The molecule has 0 aromatic heterocycles. The molecule has 0 bridgehead atoms. The first-order chi connectivity index (χ1) is 10.1. The Labute approximate surface area is 128 Å². The van der Waals surface area contributed by atoms with Crippen molar-refractivity contribution in [3.63, 3.8) is 0 Å². The lowest BCUT2D eigenvalue weighted by atomic mass is 9.98. The first-order valence-corrected chi connectivity index (χ1v) is 8.25. The second-order valence-electron chi connectivity index (χ2n) is 5.76. The maximum absolute atomic E-state index is 14.0. The minimum atomic E-state index is -0.355. The maximum atomic E-state index is 14.0. The molecule has 1 rings (SSSR count). The average Bonchev–Trinajstić information content (AvgIpc) is 2.51. The second kappa shape index (κ2) is 9.91. The van der Waals surface area contributed by atoms with Crippen molar-refractivity contribution in [2.24, 2.45) is 11.7 Å². The van der Waals surface area contributed by atoms with Gasteiger partial charge in [0.2, 0.25) is 0 Å². The highest BCUT2D eigenvalue weighted by atomic mass is 19.1. The average molecular weight is 295 g/mol. The molecular weight excluding hydrogens is 265 g/mol. The molecule has 0 saturated heterocycles. The van der Waals surface area contributed by atoms with Crippen LogP contribution in [0.5, 0.6) is 0 Å². The van der Waals surface area contributed by atoms with E-state index in [1.807, 2.05) is 13.0 Å². The van der Waals surface area contributed by atoms with Crippen LogP contribution in [0.3, 0.4) is 0 Å². The van der Waals surface area contributed by atoms with Crippen LogP contribution in [0.25, 0.3) is 0 Å². The van der Waals surface area contributed by atoms with Crippen molar-refractivity contribution in [1.82, 2.24) is 0 Å². The molecule has 0 aliphatic carbocycles. The molecule has 1 aromatic carbocycles. The number of benzene rings is 1. The SMILES string of the molecule is CCCCC(CC)COC(c1ccccc1F)C(N)CC. The lowest BCUT2D eigenvalue weighted by Gasteiger charge is -2.26. The van der Waals surface area contributed by atoms with Gasteiger partial charge in [0.1, 0.15) is 11.9 Å². The molecule has 120 valence electrons. The van der Waals surface area contributed by atoms with Gasteiger partial charge < -0.3 is 10.5 Å². The van der Waals surface area contributed by atoms with E-state index in [-0.39, 0.29) is 18.0 Å². The van der Waals surface area contributed by atoms with Crippen LogP contribution in [0, 0.1) is 11.7 Å². The lowest BCUT2D eigenvalue weighted by Crippen LogP contribution is -2.31. The number of hydrogen-bond donors (Lipinski definition) is 1. The number of ether oxygens (including phenoxy) is 1. The highest BCUT2D eigenvalue weighted by Crippen LogP contribution is 2.26. The van der Waals surface area contributed by atoms with Crippen LogP contribution < -0.4 is 5.73 Å². The standard InChI is InChI=1S/C18H30FNO/c1-4-7-10-14(5-2)13-21-18(17(20)6-3)15-11-8-9-12-16(15)19/h8-9,11-12,14,17-18H,4-7,10,13,20H2,1-3H3. The van der Waals surface area contributed by atoms with E-state index in [9.17, 15) is 4.39 Å². The van der Waals surface area contributed by atoms with E-state index in [2.05, 4.69) is 13.8 Å². The molecule has 0 saturated carbocycles. The fourth-order valence-corrected chi connectivity index (χ4v) is 2.50. The third kappa shape index (κ3) is 5.76. The van der Waals surface area contributed by atoms with Crippen LogP contribution in [0.1, 0.15) is 64.5 Å². The third-order valence-corrected chi connectivity index (χ3v) is 4.13. The van der Waals surface area contributed by atoms with Gasteiger partial charge in [-0.1, -0.05) is 58.2 Å². The molecule has 2 nitrogen and oxygen atoms in total. The fraction of sp³-hybridized carbons (Fsp3) is 0.667. The van der Waals surface area contributed by atoms with Gasteiger partial charge in [0.25, 0.3) is 0 Å². The summed E-state index contributed by atoms with van der Waals surface area (Å²) in [7, 11) is 0. The van der Waals surface area contributed by atoms with Crippen molar-refractivity contribution in [2.45, 2.75) is 65.0 Å². The van der Waals surface area contributed by atoms with Crippen molar-refractivity contribution >= 4 is 0 Å². The monoisotopic (exact) mass is 295 g/mol. The second-order valence-corrected chi connectivity index (χ2v) is 5.76. The van der Waals surface area contributed by atoms with Gasteiger partial charge in [-0.25, -0.2) is 4.39 Å². The predicted molar refractivity (Wildman–Crippen MR) is 86.7 cm³/mol. The minimum absolute atomic E-state index is 0.175. The summed E-state index contributed by atoms with van der Waals surface area (Å²) in [6, 6.07) is 6.62. The van der Waals surface area contributed by atoms with E-state index in [0.717, 1.165) is 12.8 Å². The van der Waals surface area contributed by atoms with Crippen LogP contribution in [-0.2, 0) is 4.74 Å².